The molecule has 2 amide bonds. The number of carbonyl (C=O) groups is 5. The SMILES string of the molecule is CC(C)(C)OC(=O)n1cc(B2OC(C)(C)C(C)(C)O2)cn1.CC(C)c1cc(C(C)C)c(-c2cccc(P(C3CCCCC3)C3CCCCC3)c2)c(C(C)C)c1.COc1cccc(C(=O)CC2CCN(c3ccc(-c4cn[nH]c4)cc3)C2=O)c1.COc1cccc(C(=O)CC2CCN(c3ccc(Br)cc3)C2=O)c1.Nc1ccccc1-c1[c-]cccc1.[Cl][Pd+]. The number of methoxy groups -OCH3 is 2. The van der Waals surface area contributed by atoms with Crippen molar-refractivity contribution in [1.29, 1.82) is 0 Å². The Labute approximate surface area is 748 Å². The zero-order chi connectivity index (χ0) is 88.0. The van der Waals surface area contributed by atoms with Gasteiger partial charge in [-0.1, -0.05) is 194 Å². The molecular formula is C100H121BBrClN7O10PPd. The van der Waals surface area contributed by atoms with Gasteiger partial charge in [-0.25, -0.2) is 4.79 Å². The molecule has 122 heavy (non-hydrogen) atoms. The van der Waals surface area contributed by atoms with E-state index in [4.69, 9.17) is 29.3 Å². The fourth-order valence-corrected chi connectivity index (χ4v) is 20.3. The Bertz CT molecular complexity index is 5000. The maximum atomic E-state index is 12.8. The van der Waals surface area contributed by atoms with Crippen LogP contribution in [-0.4, -0.2) is 112 Å². The van der Waals surface area contributed by atoms with Crippen LogP contribution in [0.15, 0.2) is 211 Å². The zero-order valence-electron chi connectivity index (χ0n) is 73.5. The first-order chi connectivity index (χ1) is 58.4. The second-order valence-corrected chi connectivity index (χ2v) is 38.6. The van der Waals surface area contributed by atoms with E-state index in [1.165, 1.54) is 75.3 Å². The minimum absolute atomic E-state index is 0.00677. The summed E-state index contributed by atoms with van der Waals surface area (Å²) in [6, 6.07) is 63.4. The van der Waals surface area contributed by atoms with Crippen LogP contribution in [0.1, 0.15) is 235 Å². The van der Waals surface area contributed by atoms with Crippen LogP contribution in [0.2, 0.25) is 0 Å². The predicted octanol–water partition coefficient (Wildman–Crippen LogP) is 23.7. The number of ether oxygens (including phenoxy) is 3. The van der Waals surface area contributed by atoms with E-state index in [1.54, 1.807) is 113 Å². The summed E-state index contributed by atoms with van der Waals surface area (Å²) in [4.78, 5) is 66.0. The summed E-state index contributed by atoms with van der Waals surface area (Å²) in [5.41, 5.74) is 22.5. The number of nitrogens with two attached hydrogens (primary N) is 1. The number of halogens is 2. The molecule has 2 saturated carbocycles. The molecule has 0 radical (unpaired) electrons. The van der Waals surface area contributed by atoms with Gasteiger partial charge in [0.1, 0.15) is 17.1 Å². The number of hydrogen-bond acceptors (Lipinski definition) is 13. The Kier molecular flexibility index (Phi) is 34.9. The van der Waals surface area contributed by atoms with E-state index in [9.17, 15) is 24.0 Å². The van der Waals surface area contributed by atoms with E-state index < -0.39 is 30.0 Å². The van der Waals surface area contributed by atoms with Crippen molar-refractivity contribution >= 4 is 97.8 Å². The molecular weight excluding hydrogens is 1720 g/mol. The van der Waals surface area contributed by atoms with Gasteiger partial charge in [-0.2, -0.15) is 14.9 Å². The number of aromatic amines is 1. The molecule has 3 aliphatic heterocycles. The standard InChI is InChI=1S/C33H49P.C22H21N3O3.C19H18BrNO3.C14H23BN2O4.C12H10N.ClH.Pd/c1-23(2)27-21-31(24(3)4)33(32(22-27)25(5)6)26-14-13-19-30(20-26)34(28-15-9-7-10-16-28)29-17-11-8-12-18-29;1-28-20-4-2-3-16(11-20)21(26)12-17-9-10-25(22(17)27)19-7-5-15(6-8-19)18-13-23-24-14-18;1-24-17-4-2-3-13(11-17)18(22)12-14-9-10-21(19(14)23)16-7-5-15(20)6-8-16;1-12(2,3)19-11(18)17-9-10(8-16-17)15-20-13(4,5)14(6,7)21-15;13-12-9-5-4-8-11(12)10-6-2-1-3-7-10;;/h13-14,19-25,28-29H,7-12,15-18H2,1-6H3;2-8,11,13-14,17H,9-10,12H2,1H3,(H,23,24);2-8,11,14H,9-10,12H2,1H3;8-9H,1-7H3;1-6,8-9H,13H2;1H;/q;;;;-1;;+2/p-1. The number of nitrogen functional groups attached to an aromatic ring is 1. The van der Waals surface area contributed by atoms with Crippen molar-refractivity contribution in [1.82, 2.24) is 20.0 Å². The van der Waals surface area contributed by atoms with Crippen LogP contribution in [0, 0.1) is 17.9 Å². The van der Waals surface area contributed by atoms with Gasteiger partial charge in [0, 0.05) is 94.4 Å². The number of H-pyrrole nitrogens is 1. The molecule has 2 aliphatic carbocycles. The average Bonchev–Trinajstić information content (AvgIpc) is 1.46. The van der Waals surface area contributed by atoms with Gasteiger partial charge in [-0.3, -0.25) is 24.3 Å². The molecule has 10 aromatic rings. The average molecular weight is 1840 g/mol. The van der Waals surface area contributed by atoms with Gasteiger partial charge in [0.15, 0.2) is 11.6 Å². The predicted molar refractivity (Wildman–Crippen MR) is 498 cm³/mol. The van der Waals surface area contributed by atoms with E-state index in [-0.39, 0.29) is 56.0 Å². The summed E-state index contributed by atoms with van der Waals surface area (Å²) in [5, 5.41) is 12.5. The summed E-state index contributed by atoms with van der Waals surface area (Å²) >= 11 is 5.62. The molecule has 2 aromatic heterocycles. The summed E-state index contributed by atoms with van der Waals surface area (Å²) in [6.07, 6.45) is 22.7. The maximum absolute atomic E-state index is 12.8. The third-order valence-electron chi connectivity index (χ3n) is 23.6. The molecule has 5 heterocycles. The molecule has 2 unspecified atom stereocenters. The molecule has 3 N–H and O–H groups in total. The number of hydrogen-bond donors (Lipinski definition) is 2. The number of ketones is 2. The number of aromatic nitrogens is 4. The van der Waals surface area contributed by atoms with Gasteiger partial charge in [0.25, 0.3) is 0 Å². The fourth-order valence-electron chi connectivity index (χ4n) is 16.2. The number of benzene rings is 8. The van der Waals surface area contributed by atoms with Crippen LogP contribution in [0.3, 0.4) is 0 Å². The summed E-state index contributed by atoms with van der Waals surface area (Å²) in [5.74, 6) is 2.36. The van der Waals surface area contributed by atoms with Gasteiger partial charge in [0.2, 0.25) is 11.8 Å². The topological polar surface area (TPSA) is 210 Å². The first kappa shape index (κ1) is 95.4. The quantitative estimate of drug-likeness (QED) is 0.0239. The van der Waals surface area contributed by atoms with E-state index in [2.05, 4.69) is 143 Å². The van der Waals surface area contributed by atoms with Crippen molar-refractivity contribution in [3.63, 3.8) is 0 Å². The van der Waals surface area contributed by atoms with Gasteiger partial charge in [-0.05, 0) is 233 Å². The minimum atomic E-state index is -0.562. The number of carbonyl (C=O) groups excluding carboxylic acids is 5. The van der Waals surface area contributed by atoms with Crippen LogP contribution in [0.5, 0.6) is 11.5 Å². The molecule has 17 nitrogen and oxygen atoms in total. The molecule has 0 spiro atoms. The Morgan fingerprint density at radius 3 is 1.59 bits per heavy atom. The number of para-hydroxylation sites is 1. The van der Waals surface area contributed by atoms with Crippen LogP contribution in [0.4, 0.5) is 21.9 Å². The monoisotopic (exact) mass is 1840 g/mol. The van der Waals surface area contributed by atoms with Crippen molar-refractivity contribution in [2.24, 2.45) is 11.8 Å². The van der Waals surface area contributed by atoms with E-state index in [0.717, 1.165) is 59.8 Å². The number of anilines is 3. The molecule has 22 heteroatoms. The van der Waals surface area contributed by atoms with Crippen LogP contribution in [0.25, 0.3) is 33.4 Å². The fraction of sp³-hybridized carbons (Fsp3) is 0.410. The molecule has 15 rings (SSSR count). The molecule has 5 fully saturated rings. The van der Waals surface area contributed by atoms with Gasteiger partial charge in [-0.15, -0.1) is 35.9 Å². The zero-order valence-corrected chi connectivity index (χ0v) is 78.3. The number of amides is 2. The summed E-state index contributed by atoms with van der Waals surface area (Å²) in [7, 11) is 7.03. The molecule has 3 saturated heterocycles. The van der Waals surface area contributed by atoms with E-state index in [0.29, 0.717) is 71.8 Å². The number of rotatable bonds is 20. The Hall–Kier alpha value is -8.82. The van der Waals surface area contributed by atoms with Crippen LogP contribution in [-0.2, 0) is 41.8 Å². The summed E-state index contributed by atoms with van der Waals surface area (Å²) in [6.45, 7) is 28.8. The molecule has 0 bridgehead atoms. The van der Waals surface area contributed by atoms with Crippen molar-refractivity contribution in [2.45, 2.75) is 226 Å². The third kappa shape index (κ3) is 25.5. The Balaban J connectivity index is 0.000000163. The first-order valence-electron chi connectivity index (χ1n) is 42.8. The van der Waals surface area contributed by atoms with Gasteiger partial charge in [0.05, 0.1) is 31.6 Å². The first-order valence-corrected chi connectivity index (χ1v) is 47.1. The molecule has 8 aromatic carbocycles. The van der Waals surface area contributed by atoms with Crippen molar-refractivity contribution < 1.29 is 65.7 Å². The van der Waals surface area contributed by atoms with Crippen LogP contribution >= 0.6 is 33.4 Å². The molecule has 2 atom stereocenters. The Morgan fingerprint density at radius 1 is 0.615 bits per heavy atom. The number of nitrogens with zero attached hydrogens (tertiary/aromatic N) is 5. The normalized spacial score (nSPS) is 17.0. The third-order valence-corrected chi connectivity index (χ3v) is 27.6. The van der Waals surface area contributed by atoms with Crippen LogP contribution < -0.4 is 35.8 Å². The van der Waals surface area contributed by atoms with E-state index in [1.807, 2.05) is 152 Å². The summed E-state index contributed by atoms with van der Waals surface area (Å²) < 4.78 is 29.6. The second-order valence-electron chi connectivity index (χ2n) is 34.9. The van der Waals surface area contributed by atoms with Gasteiger partial charge >= 0.3 is 40.9 Å². The van der Waals surface area contributed by atoms with E-state index >= 15 is 0 Å². The number of Topliss-reactive ketones (excluding diaryl/α,β-unsaturated/α-hetero) is 2. The molecule has 5 aliphatic rings. The van der Waals surface area contributed by atoms with Crippen molar-refractivity contribution in [3.05, 3.63) is 245 Å². The molecule has 648 valence electrons. The van der Waals surface area contributed by atoms with Gasteiger partial charge < -0.3 is 39.1 Å². The van der Waals surface area contributed by atoms with Crippen molar-refractivity contribution in [3.8, 4) is 44.9 Å². The van der Waals surface area contributed by atoms with Crippen molar-refractivity contribution in [2.75, 3.05) is 42.8 Å². The second kappa shape index (κ2) is 44.7. The number of nitrogens with one attached hydrogen (secondary N) is 1. The Morgan fingerprint density at radius 2 is 1.12 bits per heavy atom.